The third-order valence-electron chi connectivity index (χ3n) is 2.59. The van der Waals surface area contributed by atoms with E-state index in [1.807, 2.05) is 6.07 Å². The molecule has 1 N–H and O–H groups in total. The average Bonchev–Trinajstić information content (AvgIpc) is 2.39. The standard InChI is InChI=1S/C14H11FN2O2S/c15-12-2-1-3-13(10-12)17-20(18,19)14-6-4-11(5-7-14)8-9-16/h1-7,10,17H,8H2. The highest BCUT2D eigenvalue weighted by molar-refractivity contribution is 7.92. The summed E-state index contributed by atoms with van der Waals surface area (Å²) in [6.45, 7) is 0. The Bertz CT molecular complexity index is 749. The number of hydrogen-bond acceptors (Lipinski definition) is 3. The van der Waals surface area contributed by atoms with Gasteiger partial charge in [-0.2, -0.15) is 5.26 Å². The Morgan fingerprint density at radius 3 is 2.45 bits per heavy atom. The van der Waals surface area contributed by atoms with Crippen molar-refractivity contribution in [3.63, 3.8) is 0 Å². The molecule has 0 aliphatic heterocycles. The molecule has 0 spiro atoms. The van der Waals surface area contributed by atoms with Crippen molar-refractivity contribution in [3.05, 3.63) is 59.9 Å². The first-order valence-corrected chi connectivity index (χ1v) is 7.24. The molecule has 2 aromatic rings. The van der Waals surface area contributed by atoms with Gasteiger partial charge in [0.15, 0.2) is 0 Å². The second kappa shape index (κ2) is 5.72. The first-order valence-electron chi connectivity index (χ1n) is 5.75. The third kappa shape index (κ3) is 3.33. The van der Waals surface area contributed by atoms with E-state index >= 15 is 0 Å². The van der Waals surface area contributed by atoms with Crippen LogP contribution in [0.5, 0.6) is 0 Å². The number of nitrogens with one attached hydrogen (secondary N) is 1. The quantitative estimate of drug-likeness (QED) is 0.941. The van der Waals surface area contributed by atoms with Crippen molar-refractivity contribution in [1.29, 1.82) is 5.26 Å². The Morgan fingerprint density at radius 1 is 1.15 bits per heavy atom. The van der Waals surface area contributed by atoms with Crippen LogP contribution in [0.4, 0.5) is 10.1 Å². The molecule has 20 heavy (non-hydrogen) atoms. The zero-order chi connectivity index (χ0) is 14.6. The molecule has 6 heteroatoms. The van der Waals surface area contributed by atoms with Crippen LogP contribution in [-0.4, -0.2) is 8.42 Å². The first-order chi connectivity index (χ1) is 9.51. The van der Waals surface area contributed by atoms with Gasteiger partial charge >= 0.3 is 0 Å². The molecule has 0 saturated heterocycles. The van der Waals surface area contributed by atoms with Gasteiger partial charge in [0.1, 0.15) is 5.82 Å². The number of hydrogen-bond donors (Lipinski definition) is 1. The molecule has 0 aromatic heterocycles. The van der Waals surface area contributed by atoms with Gasteiger partial charge in [0, 0.05) is 0 Å². The van der Waals surface area contributed by atoms with Gasteiger partial charge in [-0.3, -0.25) is 4.72 Å². The van der Waals surface area contributed by atoms with E-state index in [0.717, 1.165) is 11.6 Å². The molecule has 0 heterocycles. The Hall–Kier alpha value is -2.39. The lowest BCUT2D eigenvalue weighted by molar-refractivity contribution is 0.601. The van der Waals surface area contributed by atoms with Gasteiger partial charge in [0.2, 0.25) is 0 Å². The molecule has 0 unspecified atom stereocenters. The van der Waals surface area contributed by atoms with E-state index in [9.17, 15) is 12.8 Å². The summed E-state index contributed by atoms with van der Waals surface area (Å²) in [6, 6.07) is 13.2. The lowest BCUT2D eigenvalue weighted by Gasteiger charge is -2.08. The Balaban J connectivity index is 2.24. The van der Waals surface area contributed by atoms with Crippen molar-refractivity contribution in [1.82, 2.24) is 0 Å². The van der Waals surface area contributed by atoms with Crippen LogP contribution in [0.25, 0.3) is 0 Å². The normalized spacial score (nSPS) is 10.8. The van der Waals surface area contributed by atoms with Crippen LogP contribution >= 0.6 is 0 Å². The van der Waals surface area contributed by atoms with Crippen LogP contribution in [-0.2, 0) is 16.4 Å². The van der Waals surface area contributed by atoms with Gasteiger partial charge in [-0.15, -0.1) is 0 Å². The lowest BCUT2D eigenvalue weighted by atomic mass is 10.2. The van der Waals surface area contributed by atoms with Crippen molar-refractivity contribution in [2.24, 2.45) is 0 Å². The number of sulfonamides is 1. The fourth-order valence-electron chi connectivity index (χ4n) is 1.64. The van der Waals surface area contributed by atoms with E-state index in [-0.39, 0.29) is 17.0 Å². The zero-order valence-electron chi connectivity index (χ0n) is 10.4. The topological polar surface area (TPSA) is 70.0 Å². The largest absolute Gasteiger partial charge is 0.280 e. The summed E-state index contributed by atoms with van der Waals surface area (Å²) >= 11 is 0. The monoisotopic (exact) mass is 290 g/mol. The molecule has 2 aromatic carbocycles. The van der Waals surface area contributed by atoms with Crippen LogP contribution in [0.3, 0.4) is 0 Å². The Kier molecular flexibility index (Phi) is 4.01. The summed E-state index contributed by atoms with van der Waals surface area (Å²) < 4.78 is 39.5. The van der Waals surface area contributed by atoms with E-state index < -0.39 is 15.8 Å². The highest BCUT2D eigenvalue weighted by Gasteiger charge is 2.14. The molecule has 2 rings (SSSR count). The van der Waals surface area contributed by atoms with Gasteiger partial charge in [-0.25, -0.2) is 12.8 Å². The summed E-state index contributed by atoms with van der Waals surface area (Å²) in [5.74, 6) is -0.519. The van der Waals surface area contributed by atoms with Gasteiger partial charge in [0.05, 0.1) is 23.1 Å². The summed E-state index contributed by atoms with van der Waals surface area (Å²) in [6.07, 6.45) is 0.220. The number of anilines is 1. The van der Waals surface area contributed by atoms with E-state index in [0.29, 0.717) is 0 Å². The summed E-state index contributed by atoms with van der Waals surface area (Å²) in [5, 5.41) is 8.55. The maximum absolute atomic E-state index is 13.0. The number of rotatable bonds is 4. The van der Waals surface area contributed by atoms with Crippen molar-refractivity contribution in [3.8, 4) is 6.07 Å². The predicted octanol–water partition coefficient (Wildman–Crippen LogP) is 2.69. The molecule has 0 fully saturated rings. The highest BCUT2D eigenvalue weighted by atomic mass is 32.2. The minimum Gasteiger partial charge on any atom is -0.280 e. The van der Waals surface area contributed by atoms with E-state index in [4.69, 9.17) is 5.26 Å². The summed E-state index contributed by atoms with van der Waals surface area (Å²) in [5.41, 5.74) is 0.892. The Morgan fingerprint density at radius 2 is 1.85 bits per heavy atom. The number of benzene rings is 2. The number of halogens is 1. The van der Waals surface area contributed by atoms with Crippen molar-refractivity contribution in [2.75, 3.05) is 4.72 Å². The SMILES string of the molecule is N#CCc1ccc(S(=O)(=O)Nc2cccc(F)c2)cc1. The van der Waals surface area contributed by atoms with Crippen LogP contribution in [0, 0.1) is 17.1 Å². The highest BCUT2D eigenvalue weighted by Crippen LogP contribution is 2.17. The summed E-state index contributed by atoms with van der Waals surface area (Å²) in [4.78, 5) is 0.0588. The molecular formula is C14H11FN2O2S. The van der Waals surface area contributed by atoms with Gasteiger partial charge in [0.25, 0.3) is 10.0 Å². The smallest absolute Gasteiger partial charge is 0.261 e. The molecule has 0 aliphatic rings. The zero-order valence-corrected chi connectivity index (χ0v) is 11.2. The molecule has 0 radical (unpaired) electrons. The van der Waals surface area contributed by atoms with Crippen molar-refractivity contribution in [2.45, 2.75) is 11.3 Å². The third-order valence-corrected chi connectivity index (χ3v) is 3.99. The van der Waals surface area contributed by atoms with Crippen molar-refractivity contribution < 1.29 is 12.8 Å². The van der Waals surface area contributed by atoms with Crippen LogP contribution in [0.1, 0.15) is 5.56 Å². The van der Waals surface area contributed by atoms with Crippen LogP contribution in [0.15, 0.2) is 53.4 Å². The van der Waals surface area contributed by atoms with Gasteiger partial charge in [-0.05, 0) is 35.9 Å². The van der Waals surface area contributed by atoms with E-state index in [2.05, 4.69) is 4.72 Å². The first kappa shape index (κ1) is 14.0. The van der Waals surface area contributed by atoms with Gasteiger partial charge in [-0.1, -0.05) is 18.2 Å². The average molecular weight is 290 g/mol. The molecule has 102 valence electrons. The molecule has 0 amide bonds. The van der Waals surface area contributed by atoms with Crippen LogP contribution < -0.4 is 4.72 Å². The predicted molar refractivity (Wildman–Crippen MR) is 73.0 cm³/mol. The molecule has 0 bridgehead atoms. The van der Waals surface area contributed by atoms with Crippen LogP contribution in [0.2, 0.25) is 0 Å². The van der Waals surface area contributed by atoms with E-state index in [1.165, 1.54) is 30.3 Å². The number of nitriles is 1. The second-order valence-electron chi connectivity index (χ2n) is 4.09. The van der Waals surface area contributed by atoms with Crippen molar-refractivity contribution >= 4 is 15.7 Å². The minimum atomic E-state index is -3.76. The fraction of sp³-hybridized carbons (Fsp3) is 0.0714. The van der Waals surface area contributed by atoms with E-state index in [1.54, 1.807) is 12.1 Å². The molecular weight excluding hydrogens is 279 g/mol. The Labute approximate surface area is 116 Å². The maximum Gasteiger partial charge on any atom is 0.261 e. The lowest BCUT2D eigenvalue weighted by Crippen LogP contribution is -2.13. The van der Waals surface area contributed by atoms with Gasteiger partial charge < -0.3 is 0 Å². The molecule has 0 aliphatic carbocycles. The maximum atomic E-state index is 13.0. The molecule has 4 nitrogen and oxygen atoms in total. The summed E-state index contributed by atoms with van der Waals surface area (Å²) in [7, 11) is -3.76. The fourth-order valence-corrected chi connectivity index (χ4v) is 2.69. The second-order valence-corrected chi connectivity index (χ2v) is 5.78. The number of nitrogens with zero attached hydrogens (tertiary/aromatic N) is 1. The molecule has 0 saturated carbocycles. The molecule has 0 atom stereocenters. The minimum absolute atomic E-state index is 0.0588.